The highest BCUT2D eigenvalue weighted by molar-refractivity contribution is 5.95. The van der Waals surface area contributed by atoms with Gasteiger partial charge in [0.1, 0.15) is 17.3 Å². The number of nitrogens with one attached hydrogen (secondary N) is 2. The Kier molecular flexibility index (Phi) is 3.47. The first kappa shape index (κ1) is 12.0. The molecule has 0 fully saturated rings. The molecule has 94 valence electrons. The number of carbonyl (C=O) groups excluding carboxylic acids is 1. The topological polar surface area (TPSA) is 98.2 Å². The van der Waals surface area contributed by atoms with Gasteiger partial charge in [-0.1, -0.05) is 0 Å². The molecular formula is C12H13N3O3. The number of rotatable bonds is 4. The summed E-state index contributed by atoms with van der Waals surface area (Å²) in [6, 6.07) is 3.75. The summed E-state index contributed by atoms with van der Waals surface area (Å²) in [5.74, 6) is 0.138. The Balaban J connectivity index is 1.91. The van der Waals surface area contributed by atoms with Gasteiger partial charge < -0.3 is 20.5 Å². The minimum absolute atomic E-state index is 0.147. The lowest BCUT2D eigenvalue weighted by atomic mass is 10.2. The number of carbonyl (C=O) groups is 1. The lowest BCUT2D eigenvalue weighted by molar-refractivity contribution is 0.0953. The van der Waals surface area contributed by atoms with Crippen LogP contribution in [0.5, 0.6) is 11.5 Å². The molecule has 2 rings (SSSR count). The first-order valence-corrected chi connectivity index (χ1v) is 5.44. The number of phenolic OH excluding ortho intramolecular Hbond substituents is 2. The second-order valence-electron chi connectivity index (χ2n) is 3.78. The zero-order valence-corrected chi connectivity index (χ0v) is 9.55. The lowest BCUT2D eigenvalue weighted by Gasteiger charge is -2.05. The molecule has 0 unspecified atom stereocenters. The van der Waals surface area contributed by atoms with Crippen LogP contribution in [-0.2, 0) is 6.42 Å². The maximum atomic E-state index is 11.7. The SMILES string of the molecule is O=C(NCCc1ncc[nH]1)c1cc(O)cc(O)c1. The summed E-state index contributed by atoms with van der Waals surface area (Å²) in [4.78, 5) is 18.7. The molecule has 0 aliphatic heterocycles. The number of amides is 1. The van der Waals surface area contributed by atoms with E-state index in [1.807, 2.05) is 0 Å². The number of phenols is 2. The molecule has 0 radical (unpaired) electrons. The third kappa shape index (κ3) is 3.00. The largest absolute Gasteiger partial charge is 0.508 e. The van der Waals surface area contributed by atoms with Crippen LogP contribution in [0.15, 0.2) is 30.6 Å². The third-order valence-electron chi connectivity index (χ3n) is 2.37. The van der Waals surface area contributed by atoms with Crippen molar-refractivity contribution in [3.63, 3.8) is 0 Å². The Morgan fingerprint density at radius 1 is 1.28 bits per heavy atom. The van der Waals surface area contributed by atoms with Crippen LogP contribution in [0.2, 0.25) is 0 Å². The number of aromatic nitrogens is 2. The number of nitrogens with zero attached hydrogens (tertiary/aromatic N) is 1. The summed E-state index contributed by atoms with van der Waals surface area (Å²) in [6.07, 6.45) is 3.94. The zero-order valence-electron chi connectivity index (χ0n) is 9.55. The Bertz CT molecular complexity index is 517. The molecule has 0 aliphatic rings. The van der Waals surface area contributed by atoms with Crippen molar-refractivity contribution in [2.45, 2.75) is 6.42 Å². The van der Waals surface area contributed by atoms with Gasteiger partial charge in [-0.05, 0) is 12.1 Å². The molecule has 0 spiro atoms. The fourth-order valence-corrected chi connectivity index (χ4v) is 1.56. The fourth-order valence-electron chi connectivity index (χ4n) is 1.56. The average Bonchev–Trinajstić information content (AvgIpc) is 2.80. The first-order chi connectivity index (χ1) is 8.65. The van der Waals surface area contributed by atoms with Crippen LogP contribution in [0, 0.1) is 0 Å². The lowest BCUT2D eigenvalue weighted by Crippen LogP contribution is -2.25. The second kappa shape index (κ2) is 5.22. The van der Waals surface area contributed by atoms with Crippen LogP contribution in [0.1, 0.15) is 16.2 Å². The van der Waals surface area contributed by atoms with Gasteiger partial charge in [0.05, 0.1) is 0 Å². The van der Waals surface area contributed by atoms with E-state index in [2.05, 4.69) is 15.3 Å². The number of benzene rings is 1. The molecule has 1 aromatic heterocycles. The number of aromatic hydroxyl groups is 2. The molecule has 18 heavy (non-hydrogen) atoms. The van der Waals surface area contributed by atoms with E-state index in [0.717, 1.165) is 5.82 Å². The van der Waals surface area contributed by atoms with Crippen LogP contribution in [-0.4, -0.2) is 32.6 Å². The Hall–Kier alpha value is -2.50. The van der Waals surface area contributed by atoms with Gasteiger partial charge in [-0.2, -0.15) is 0 Å². The van der Waals surface area contributed by atoms with Crippen molar-refractivity contribution in [3.05, 3.63) is 42.0 Å². The third-order valence-corrected chi connectivity index (χ3v) is 2.37. The van der Waals surface area contributed by atoms with Crippen molar-refractivity contribution in [1.82, 2.24) is 15.3 Å². The standard InChI is InChI=1S/C12H13N3O3/c16-9-5-8(6-10(17)7-9)12(18)15-2-1-11-13-3-4-14-11/h3-7,16-17H,1-2H2,(H,13,14)(H,15,18). The van der Waals surface area contributed by atoms with E-state index < -0.39 is 0 Å². The molecule has 2 aromatic rings. The van der Waals surface area contributed by atoms with E-state index in [0.29, 0.717) is 13.0 Å². The van der Waals surface area contributed by atoms with E-state index in [1.54, 1.807) is 12.4 Å². The average molecular weight is 247 g/mol. The fraction of sp³-hybridized carbons (Fsp3) is 0.167. The summed E-state index contributed by atoms with van der Waals surface area (Å²) >= 11 is 0. The number of hydrogen-bond donors (Lipinski definition) is 4. The summed E-state index contributed by atoms with van der Waals surface area (Å²) in [5.41, 5.74) is 0.215. The van der Waals surface area contributed by atoms with Crippen LogP contribution < -0.4 is 5.32 Å². The molecule has 0 bridgehead atoms. The van der Waals surface area contributed by atoms with Crippen LogP contribution in [0.4, 0.5) is 0 Å². The zero-order chi connectivity index (χ0) is 13.0. The van der Waals surface area contributed by atoms with Crippen molar-refractivity contribution in [2.75, 3.05) is 6.54 Å². The van der Waals surface area contributed by atoms with E-state index >= 15 is 0 Å². The normalized spacial score (nSPS) is 10.2. The smallest absolute Gasteiger partial charge is 0.251 e. The Morgan fingerprint density at radius 2 is 2.00 bits per heavy atom. The second-order valence-corrected chi connectivity index (χ2v) is 3.78. The number of H-pyrrole nitrogens is 1. The van der Waals surface area contributed by atoms with Gasteiger partial charge in [-0.3, -0.25) is 4.79 Å². The van der Waals surface area contributed by atoms with Crippen molar-refractivity contribution in [2.24, 2.45) is 0 Å². The first-order valence-electron chi connectivity index (χ1n) is 5.44. The van der Waals surface area contributed by atoms with E-state index in [9.17, 15) is 15.0 Å². The van der Waals surface area contributed by atoms with Gasteiger partial charge in [0.15, 0.2) is 0 Å². The highest BCUT2D eigenvalue weighted by Gasteiger charge is 2.08. The predicted octanol–water partition coefficient (Wildman–Crippen LogP) is 0.793. The van der Waals surface area contributed by atoms with Gasteiger partial charge in [0.25, 0.3) is 5.91 Å². The maximum Gasteiger partial charge on any atom is 0.251 e. The van der Waals surface area contributed by atoms with Crippen LogP contribution in [0.25, 0.3) is 0 Å². The minimum atomic E-state index is -0.354. The van der Waals surface area contributed by atoms with Crippen LogP contribution >= 0.6 is 0 Å². The van der Waals surface area contributed by atoms with Gasteiger partial charge in [0, 0.05) is 37.0 Å². The predicted molar refractivity (Wildman–Crippen MR) is 64.4 cm³/mol. The molecule has 6 heteroatoms. The van der Waals surface area contributed by atoms with Crippen molar-refractivity contribution >= 4 is 5.91 Å². The number of hydrogen-bond acceptors (Lipinski definition) is 4. The monoisotopic (exact) mass is 247 g/mol. The summed E-state index contributed by atoms with van der Waals surface area (Å²) in [5, 5.41) is 21.2. The molecular weight excluding hydrogens is 234 g/mol. The highest BCUT2D eigenvalue weighted by Crippen LogP contribution is 2.20. The number of imidazole rings is 1. The van der Waals surface area contributed by atoms with E-state index in [1.165, 1.54) is 18.2 Å². The molecule has 0 atom stereocenters. The molecule has 1 amide bonds. The quantitative estimate of drug-likeness (QED) is 0.642. The van der Waals surface area contributed by atoms with Gasteiger partial charge in [-0.15, -0.1) is 0 Å². The molecule has 1 heterocycles. The van der Waals surface area contributed by atoms with E-state index in [-0.39, 0.29) is 23.0 Å². The number of aromatic amines is 1. The van der Waals surface area contributed by atoms with Crippen molar-refractivity contribution in [1.29, 1.82) is 0 Å². The Morgan fingerprint density at radius 3 is 2.61 bits per heavy atom. The molecule has 6 nitrogen and oxygen atoms in total. The van der Waals surface area contributed by atoms with Gasteiger partial charge >= 0.3 is 0 Å². The van der Waals surface area contributed by atoms with Crippen molar-refractivity contribution in [3.8, 4) is 11.5 Å². The maximum absolute atomic E-state index is 11.7. The van der Waals surface area contributed by atoms with Gasteiger partial charge in [0.2, 0.25) is 0 Å². The summed E-state index contributed by atoms with van der Waals surface area (Å²) in [7, 11) is 0. The Labute approximate surface area is 103 Å². The molecule has 1 aromatic carbocycles. The highest BCUT2D eigenvalue weighted by atomic mass is 16.3. The minimum Gasteiger partial charge on any atom is -0.508 e. The molecule has 4 N–H and O–H groups in total. The van der Waals surface area contributed by atoms with Gasteiger partial charge in [-0.25, -0.2) is 4.98 Å². The van der Waals surface area contributed by atoms with Crippen molar-refractivity contribution < 1.29 is 15.0 Å². The molecule has 0 saturated heterocycles. The summed E-state index contributed by atoms with van der Waals surface area (Å²) < 4.78 is 0. The molecule has 0 aliphatic carbocycles. The summed E-state index contributed by atoms with van der Waals surface area (Å²) in [6.45, 7) is 0.419. The van der Waals surface area contributed by atoms with Crippen LogP contribution in [0.3, 0.4) is 0 Å². The van der Waals surface area contributed by atoms with E-state index in [4.69, 9.17) is 0 Å². The molecule has 0 saturated carbocycles.